The fourth-order valence-corrected chi connectivity index (χ4v) is 2.13. The third-order valence-corrected chi connectivity index (χ3v) is 3.33. The molecule has 2 rings (SSSR count). The van der Waals surface area contributed by atoms with E-state index in [4.69, 9.17) is 21.1 Å². The summed E-state index contributed by atoms with van der Waals surface area (Å²) in [5.74, 6) is 0.828. The predicted octanol–water partition coefficient (Wildman–Crippen LogP) is 4.53. The lowest BCUT2D eigenvalue weighted by Gasteiger charge is -2.18. The first kappa shape index (κ1) is 17.2. The molecule has 1 atom stereocenters. The van der Waals surface area contributed by atoms with Gasteiger partial charge in [0.25, 0.3) is 5.91 Å². The van der Waals surface area contributed by atoms with E-state index >= 15 is 0 Å². The van der Waals surface area contributed by atoms with Gasteiger partial charge in [-0.15, -0.1) is 0 Å². The molecule has 1 unspecified atom stereocenters. The zero-order chi connectivity index (χ0) is 16.8. The Bertz CT molecular complexity index is 673. The standard InChI is InChI=1S/C18H20ClNO3/c1-12(2)22-17-11-7-5-9-15(17)20-18(21)13(3)23-16-10-6-4-8-14(16)19/h4-13H,1-3H3,(H,20,21). The second-order valence-electron chi connectivity index (χ2n) is 5.34. The summed E-state index contributed by atoms with van der Waals surface area (Å²) < 4.78 is 11.3. The summed E-state index contributed by atoms with van der Waals surface area (Å²) in [7, 11) is 0. The van der Waals surface area contributed by atoms with E-state index in [1.165, 1.54) is 0 Å². The van der Waals surface area contributed by atoms with E-state index in [2.05, 4.69) is 5.32 Å². The molecule has 23 heavy (non-hydrogen) atoms. The van der Waals surface area contributed by atoms with Crippen molar-refractivity contribution >= 4 is 23.2 Å². The van der Waals surface area contributed by atoms with E-state index in [1.54, 1.807) is 37.3 Å². The monoisotopic (exact) mass is 333 g/mol. The van der Waals surface area contributed by atoms with Crippen LogP contribution in [0.25, 0.3) is 0 Å². The Morgan fingerprint density at radius 1 is 0.957 bits per heavy atom. The van der Waals surface area contributed by atoms with Crippen LogP contribution in [0.5, 0.6) is 11.5 Å². The quantitative estimate of drug-likeness (QED) is 0.844. The molecule has 1 N–H and O–H groups in total. The van der Waals surface area contributed by atoms with Crippen LogP contribution in [-0.2, 0) is 4.79 Å². The molecule has 1 amide bonds. The van der Waals surface area contributed by atoms with Crippen molar-refractivity contribution in [1.82, 2.24) is 0 Å². The van der Waals surface area contributed by atoms with Gasteiger partial charge in [0.15, 0.2) is 6.10 Å². The number of anilines is 1. The summed E-state index contributed by atoms with van der Waals surface area (Å²) in [4.78, 5) is 12.3. The fourth-order valence-electron chi connectivity index (χ4n) is 1.95. The summed E-state index contributed by atoms with van der Waals surface area (Å²) in [6.45, 7) is 5.54. The Kier molecular flexibility index (Phi) is 5.88. The topological polar surface area (TPSA) is 47.6 Å². The zero-order valence-corrected chi connectivity index (χ0v) is 14.1. The molecule has 0 spiro atoms. The molecule has 0 bridgehead atoms. The number of hydrogen-bond donors (Lipinski definition) is 1. The van der Waals surface area contributed by atoms with Crippen molar-refractivity contribution in [2.45, 2.75) is 33.0 Å². The van der Waals surface area contributed by atoms with E-state index in [1.807, 2.05) is 32.0 Å². The summed E-state index contributed by atoms with van der Waals surface area (Å²) in [6, 6.07) is 14.3. The molecule has 2 aromatic rings. The molecule has 0 aromatic heterocycles. The third kappa shape index (κ3) is 4.89. The molecule has 0 aliphatic carbocycles. The second kappa shape index (κ2) is 7.88. The minimum absolute atomic E-state index is 0.0184. The lowest BCUT2D eigenvalue weighted by molar-refractivity contribution is -0.122. The van der Waals surface area contributed by atoms with Crippen LogP contribution in [0, 0.1) is 0 Å². The number of rotatable bonds is 6. The van der Waals surface area contributed by atoms with E-state index in [0.717, 1.165) is 0 Å². The molecule has 2 aromatic carbocycles. The molecule has 0 aliphatic heterocycles. The third-order valence-electron chi connectivity index (χ3n) is 3.02. The summed E-state index contributed by atoms with van der Waals surface area (Å²) in [6.07, 6.45) is -0.674. The number of carbonyl (C=O) groups excluding carboxylic acids is 1. The highest BCUT2D eigenvalue weighted by atomic mass is 35.5. The van der Waals surface area contributed by atoms with Crippen molar-refractivity contribution in [3.8, 4) is 11.5 Å². The minimum atomic E-state index is -0.693. The Labute approximate surface area is 141 Å². The van der Waals surface area contributed by atoms with E-state index in [-0.39, 0.29) is 12.0 Å². The normalized spacial score (nSPS) is 11.9. The second-order valence-corrected chi connectivity index (χ2v) is 5.75. The smallest absolute Gasteiger partial charge is 0.265 e. The number of carbonyl (C=O) groups is 1. The molecular formula is C18H20ClNO3. The maximum atomic E-state index is 12.3. The molecule has 0 fully saturated rings. The molecular weight excluding hydrogens is 314 g/mol. The van der Waals surface area contributed by atoms with Crippen molar-refractivity contribution < 1.29 is 14.3 Å². The van der Waals surface area contributed by atoms with Crippen LogP contribution < -0.4 is 14.8 Å². The minimum Gasteiger partial charge on any atom is -0.489 e. The van der Waals surface area contributed by atoms with Crippen LogP contribution in [-0.4, -0.2) is 18.1 Å². The number of para-hydroxylation sites is 3. The Hall–Kier alpha value is -2.20. The van der Waals surface area contributed by atoms with E-state index < -0.39 is 6.10 Å². The lowest BCUT2D eigenvalue weighted by Crippen LogP contribution is -2.30. The lowest BCUT2D eigenvalue weighted by atomic mass is 10.2. The highest BCUT2D eigenvalue weighted by Gasteiger charge is 2.18. The summed E-state index contributed by atoms with van der Waals surface area (Å²) in [5, 5.41) is 3.29. The molecule has 0 aliphatic rings. The van der Waals surface area contributed by atoms with Crippen molar-refractivity contribution in [2.24, 2.45) is 0 Å². The number of ether oxygens (including phenoxy) is 2. The van der Waals surface area contributed by atoms with Gasteiger partial charge in [-0.3, -0.25) is 4.79 Å². The van der Waals surface area contributed by atoms with Gasteiger partial charge in [0, 0.05) is 0 Å². The molecule has 0 heterocycles. The van der Waals surface area contributed by atoms with Gasteiger partial charge in [-0.2, -0.15) is 0 Å². The van der Waals surface area contributed by atoms with Gasteiger partial charge in [-0.25, -0.2) is 0 Å². The fraction of sp³-hybridized carbons (Fsp3) is 0.278. The van der Waals surface area contributed by atoms with Crippen LogP contribution in [0.4, 0.5) is 5.69 Å². The predicted molar refractivity (Wildman–Crippen MR) is 92.4 cm³/mol. The first-order valence-electron chi connectivity index (χ1n) is 7.45. The van der Waals surface area contributed by atoms with Gasteiger partial charge >= 0.3 is 0 Å². The highest BCUT2D eigenvalue weighted by molar-refractivity contribution is 6.32. The number of benzene rings is 2. The van der Waals surface area contributed by atoms with Crippen molar-refractivity contribution in [1.29, 1.82) is 0 Å². The molecule has 4 nitrogen and oxygen atoms in total. The van der Waals surface area contributed by atoms with Gasteiger partial charge < -0.3 is 14.8 Å². The molecule has 0 radical (unpaired) electrons. The zero-order valence-electron chi connectivity index (χ0n) is 13.4. The van der Waals surface area contributed by atoms with Gasteiger partial charge in [0.1, 0.15) is 11.5 Å². The Morgan fingerprint density at radius 2 is 1.57 bits per heavy atom. The van der Waals surface area contributed by atoms with Gasteiger partial charge in [-0.1, -0.05) is 35.9 Å². The number of nitrogens with one attached hydrogen (secondary N) is 1. The molecule has 122 valence electrons. The Balaban J connectivity index is 2.05. The van der Waals surface area contributed by atoms with Crippen LogP contribution in [0.1, 0.15) is 20.8 Å². The number of hydrogen-bond acceptors (Lipinski definition) is 3. The van der Waals surface area contributed by atoms with Gasteiger partial charge in [0.2, 0.25) is 0 Å². The average Bonchev–Trinajstić information content (AvgIpc) is 2.51. The average molecular weight is 334 g/mol. The van der Waals surface area contributed by atoms with E-state index in [9.17, 15) is 4.79 Å². The van der Waals surface area contributed by atoms with Gasteiger partial charge in [-0.05, 0) is 45.0 Å². The first-order chi connectivity index (χ1) is 11.0. The summed E-state index contributed by atoms with van der Waals surface area (Å²) in [5.41, 5.74) is 0.612. The summed E-state index contributed by atoms with van der Waals surface area (Å²) >= 11 is 6.04. The van der Waals surface area contributed by atoms with Crippen molar-refractivity contribution in [3.63, 3.8) is 0 Å². The first-order valence-corrected chi connectivity index (χ1v) is 7.83. The highest BCUT2D eigenvalue weighted by Crippen LogP contribution is 2.27. The van der Waals surface area contributed by atoms with Crippen LogP contribution in [0.15, 0.2) is 48.5 Å². The van der Waals surface area contributed by atoms with Crippen molar-refractivity contribution in [3.05, 3.63) is 53.6 Å². The Morgan fingerprint density at radius 3 is 2.22 bits per heavy atom. The van der Waals surface area contributed by atoms with Crippen LogP contribution in [0.2, 0.25) is 5.02 Å². The van der Waals surface area contributed by atoms with Crippen LogP contribution >= 0.6 is 11.6 Å². The number of amides is 1. The molecule has 5 heteroatoms. The van der Waals surface area contributed by atoms with Gasteiger partial charge in [0.05, 0.1) is 16.8 Å². The molecule has 0 saturated heterocycles. The number of halogens is 1. The maximum Gasteiger partial charge on any atom is 0.265 e. The SMILES string of the molecule is CC(C)Oc1ccccc1NC(=O)C(C)Oc1ccccc1Cl. The van der Waals surface area contributed by atoms with E-state index in [0.29, 0.717) is 22.2 Å². The van der Waals surface area contributed by atoms with Crippen molar-refractivity contribution in [2.75, 3.05) is 5.32 Å². The largest absolute Gasteiger partial charge is 0.489 e. The molecule has 0 saturated carbocycles. The van der Waals surface area contributed by atoms with Crippen LogP contribution in [0.3, 0.4) is 0 Å². The maximum absolute atomic E-state index is 12.3.